The molecule has 92 valence electrons. The molecule has 1 N–H and O–H groups in total. The molecule has 0 aliphatic carbocycles. The predicted molar refractivity (Wildman–Crippen MR) is 61.2 cm³/mol. The second kappa shape index (κ2) is 4.20. The monoisotopic (exact) mass is 237 g/mol. The minimum absolute atomic E-state index is 0.409. The van der Waals surface area contributed by atoms with Gasteiger partial charge in [-0.1, -0.05) is 0 Å². The van der Waals surface area contributed by atoms with Gasteiger partial charge in [0.2, 0.25) is 11.8 Å². The molecule has 0 saturated carbocycles. The highest BCUT2D eigenvalue weighted by molar-refractivity contribution is 5.83. The molecule has 2 heterocycles. The summed E-state index contributed by atoms with van der Waals surface area (Å²) in [6, 6.07) is 1.64. The average molecular weight is 237 g/mol. The number of aliphatic carboxylic acids is 1. The number of hydrogen-bond acceptors (Lipinski definition) is 5. The first kappa shape index (κ1) is 11.6. The lowest BCUT2D eigenvalue weighted by Crippen LogP contribution is -2.48. The van der Waals surface area contributed by atoms with E-state index in [0.717, 1.165) is 6.42 Å². The second-order valence-corrected chi connectivity index (χ2v) is 4.23. The second-order valence-electron chi connectivity index (χ2n) is 4.23. The SMILES string of the molecule is COc1ccnc(N2CCCC2(C)C(=O)O)n1. The van der Waals surface area contributed by atoms with Crippen molar-refractivity contribution in [1.82, 2.24) is 9.97 Å². The van der Waals surface area contributed by atoms with Gasteiger partial charge < -0.3 is 14.7 Å². The van der Waals surface area contributed by atoms with Crippen molar-refractivity contribution in [2.45, 2.75) is 25.3 Å². The number of methoxy groups -OCH3 is 1. The summed E-state index contributed by atoms with van der Waals surface area (Å²) < 4.78 is 5.02. The van der Waals surface area contributed by atoms with Gasteiger partial charge in [0.25, 0.3) is 0 Å². The highest BCUT2D eigenvalue weighted by Gasteiger charge is 2.44. The number of aromatic nitrogens is 2. The summed E-state index contributed by atoms with van der Waals surface area (Å²) in [5.41, 5.74) is -0.924. The van der Waals surface area contributed by atoms with Crippen molar-refractivity contribution in [3.05, 3.63) is 12.3 Å². The van der Waals surface area contributed by atoms with E-state index in [9.17, 15) is 9.90 Å². The van der Waals surface area contributed by atoms with Crippen molar-refractivity contribution in [1.29, 1.82) is 0 Å². The van der Waals surface area contributed by atoms with Crippen molar-refractivity contribution in [3.63, 3.8) is 0 Å². The quantitative estimate of drug-likeness (QED) is 0.842. The maximum Gasteiger partial charge on any atom is 0.329 e. The van der Waals surface area contributed by atoms with E-state index >= 15 is 0 Å². The molecule has 1 saturated heterocycles. The first-order chi connectivity index (χ1) is 8.08. The molecule has 1 aromatic rings. The number of hydrogen-bond donors (Lipinski definition) is 1. The lowest BCUT2D eigenvalue weighted by Gasteiger charge is -2.31. The van der Waals surface area contributed by atoms with Crippen LogP contribution in [0.2, 0.25) is 0 Å². The molecule has 1 atom stereocenters. The van der Waals surface area contributed by atoms with Gasteiger partial charge in [0, 0.05) is 18.8 Å². The molecule has 1 aliphatic rings. The molecule has 0 amide bonds. The molecule has 0 bridgehead atoms. The normalized spacial score (nSPS) is 23.8. The maximum atomic E-state index is 11.3. The summed E-state index contributed by atoms with van der Waals surface area (Å²) in [5, 5.41) is 9.30. The van der Waals surface area contributed by atoms with Gasteiger partial charge in [0.05, 0.1) is 7.11 Å². The summed E-state index contributed by atoms with van der Waals surface area (Å²) in [4.78, 5) is 21.4. The van der Waals surface area contributed by atoms with Crippen LogP contribution in [0.25, 0.3) is 0 Å². The number of rotatable bonds is 3. The van der Waals surface area contributed by atoms with Crippen LogP contribution in [0, 0.1) is 0 Å². The molecule has 1 aliphatic heterocycles. The van der Waals surface area contributed by atoms with Gasteiger partial charge in [-0.2, -0.15) is 4.98 Å². The molecular weight excluding hydrogens is 222 g/mol. The molecule has 0 aromatic carbocycles. The number of anilines is 1. The molecule has 1 unspecified atom stereocenters. The van der Waals surface area contributed by atoms with Crippen LogP contribution in [-0.2, 0) is 4.79 Å². The summed E-state index contributed by atoms with van der Waals surface area (Å²) in [5.74, 6) is 0.00260. The van der Waals surface area contributed by atoms with Crippen LogP contribution in [0.1, 0.15) is 19.8 Å². The summed E-state index contributed by atoms with van der Waals surface area (Å²) in [6.07, 6.45) is 2.99. The zero-order chi connectivity index (χ0) is 12.5. The van der Waals surface area contributed by atoms with Gasteiger partial charge >= 0.3 is 5.97 Å². The van der Waals surface area contributed by atoms with E-state index in [1.54, 1.807) is 24.1 Å². The van der Waals surface area contributed by atoms with Gasteiger partial charge in [-0.3, -0.25) is 0 Å². The van der Waals surface area contributed by atoms with Crippen molar-refractivity contribution in [2.24, 2.45) is 0 Å². The molecular formula is C11H15N3O3. The smallest absolute Gasteiger partial charge is 0.329 e. The Bertz CT molecular complexity index is 438. The third kappa shape index (κ3) is 1.90. The third-order valence-corrected chi connectivity index (χ3v) is 3.17. The number of nitrogens with zero attached hydrogens (tertiary/aromatic N) is 3. The molecule has 17 heavy (non-hydrogen) atoms. The Morgan fingerprint density at radius 3 is 3.06 bits per heavy atom. The Labute approximate surface area is 99.2 Å². The first-order valence-electron chi connectivity index (χ1n) is 5.46. The summed E-state index contributed by atoms with van der Waals surface area (Å²) in [6.45, 7) is 2.35. The molecule has 6 heteroatoms. The van der Waals surface area contributed by atoms with Gasteiger partial charge in [-0.05, 0) is 19.8 Å². The third-order valence-electron chi connectivity index (χ3n) is 3.17. The summed E-state index contributed by atoms with van der Waals surface area (Å²) in [7, 11) is 1.52. The first-order valence-corrected chi connectivity index (χ1v) is 5.46. The highest BCUT2D eigenvalue weighted by atomic mass is 16.5. The zero-order valence-electron chi connectivity index (χ0n) is 9.88. The van der Waals surface area contributed by atoms with E-state index in [0.29, 0.717) is 24.8 Å². The number of carboxylic acids is 1. The van der Waals surface area contributed by atoms with Gasteiger partial charge in [0.15, 0.2) is 0 Å². The van der Waals surface area contributed by atoms with Crippen LogP contribution in [0.15, 0.2) is 12.3 Å². The largest absolute Gasteiger partial charge is 0.481 e. The van der Waals surface area contributed by atoms with Gasteiger partial charge in [0.1, 0.15) is 5.54 Å². The van der Waals surface area contributed by atoms with Crippen molar-refractivity contribution in [2.75, 3.05) is 18.6 Å². The van der Waals surface area contributed by atoms with Crippen LogP contribution in [0.4, 0.5) is 5.95 Å². The molecule has 0 radical (unpaired) electrons. The average Bonchev–Trinajstić information content (AvgIpc) is 2.73. The van der Waals surface area contributed by atoms with E-state index in [-0.39, 0.29) is 0 Å². The fourth-order valence-corrected chi connectivity index (χ4v) is 2.08. The zero-order valence-corrected chi connectivity index (χ0v) is 9.88. The lowest BCUT2D eigenvalue weighted by atomic mass is 10.00. The minimum Gasteiger partial charge on any atom is -0.481 e. The standard InChI is InChI=1S/C11H15N3O3/c1-11(9(15)16)5-3-7-14(11)10-12-6-4-8(13-10)17-2/h4,6H,3,5,7H2,1-2H3,(H,15,16). The van der Waals surface area contributed by atoms with Crippen LogP contribution in [0.3, 0.4) is 0 Å². The predicted octanol–water partition coefficient (Wildman–Crippen LogP) is 0.929. The van der Waals surface area contributed by atoms with Crippen LogP contribution in [0.5, 0.6) is 5.88 Å². The Morgan fingerprint density at radius 2 is 2.41 bits per heavy atom. The van der Waals surface area contributed by atoms with E-state index in [4.69, 9.17) is 4.74 Å². The molecule has 1 aromatic heterocycles. The molecule has 1 fully saturated rings. The van der Waals surface area contributed by atoms with Crippen LogP contribution in [-0.4, -0.2) is 40.2 Å². The Morgan fingerprint density at radius 1 is 1.65 bits per heavy atom. The van der Waals surface area contributed by atoms with E-state index < -0.39 is 11.5 Å². The van der Waals surface area contributed by atoms with Gasteiger partial charge in [-0.25, -0.2) is 9.78 Å². The number of carboxylic acid groups (broad SMARTS) is 1. The number of ether oxygens (including phenoxy) is 1. The minimum atomic E-state index is -0.924. The number of carbonyl (C=O) groups is 1. The Hall–Kier alpha value is -1.85. The maximum absolute atomic E-state index is 11.3. The fraction of sp³-hybridized carbons (Fsp3) is 0.545. The topological polar surface area (TPSA) is 75.5 Å². The molecule has 0 spiro atoms. The lowest BCUT2D eigenvalue weighted by molar-refractivity contribution is -0.142. The van der Waals surface area contributed by atoms with Crippen LogP contribution < -0.4 is 9.64 Å². The van der Waals surface area contributed by atoms with Crippen molar-refractivity contribution < 1.29 is 14.6 Å². The molecule has 2 rings (SSSR count). The van der Waals surface area contributed by atoms with E-state index in [2.05, 4.69) is 9.97 Å². The molecule has 6 nitrogen and oxygen atoms in total. The van der Waals surface area contributed by atoms with Crippen LogP contribution >= 0.6 is 0 Å². The van der Waals surface area contributed by atoms with E-state index in [1.807, 2.05) is 0 Å². The Balaban J connectivity index is 2.35. The van der Waals surface area contributed by atoms with Gasteiger partial charge in [-0.15, -0.1) is 0 Å². The Kier molecular flexibility index (Phi) is 2.87. The van der Waals surface area contributed by atoms with Crippen molar-refractivity contribution in [3.8, 4) is 5.88 Å². The summed E-state index contributed by atoms with van der Waals surface area (Å²) >= 11 is 0. The van der Waals surface area contributed by atoms with E-state index in [1.165, 1.54) is 7.11 Å². The highest BCUT2D eigenvalue weighted by Crippen LogP contribution is 2.32. The fourth-order valence-electron chi connectivity index (χ4n) is 2.08. The van der Waals surface area contributed by atoms with Crippen molar-refractivity contribution >= 4 is 11.9 Å².